The monoisotopic (exact) mass is 312 g/mol. The molecule has 0 saturated heterocycles. The Bertz CT molecular complexity index is 447. The highest BCUT2D eigenvalue weighted by molar-refractivity contribution is 9.10. The summed E-state index contributed by atoms with van der Waals surface area (Å²) in [6, 6.07) is 5.79. The van der Waals surface area contributed by atoms with Gasteiger partial charge >= 0.3 is 0 Å². The molecular formula is C13H17BrN2O2. The smallest absolute Gasteiger partial charge is 0.242 e. The lowest BCUT2D eigenvalue weighted by Crippen LogP contribution is -2.38. The van der Waals surface area contributed by atoms with E-state index in [4.69, 9.17) is 4.74 Å². The normalized spacial score (nSPS) is 15.9. The molecule has 1 amide bonds. The highest BCUT2D eigenvalue weighted by atomic mass is 79.9. The summed E-state index contributed by atoms with van der Waals surface area (Å²) in [5, 5.41) is 6.14. The Hall–Kier alpha value is -1.23. The van der Waals surface area contributed by atoms with E-state index in [1.54, 1.807) is 7.11 Å². The molecule has 1 atom stereocenters. The summed E-state index contributed by atoms with van der Waals surface area (Å²) in [4.78, 5) is 11.8. The number of ether oxygens (including phenoxy) is 1. The van der Waals surface area contributed by atoms with Crippen molar-refractivity contribution >= 4 is 27.5 Å². The number of nitrogens with one attached hydrogen (secondary N) is 2. The van der Waals surface area contributed by atoms with Crippen LogP contribution >= 0.6 is 15.9 Å². The van der Waals surface area contributed by atoms with Crippen LogP contribution < -0.4 is 15.4 Å². The minimum Gasteiger partial charge on any atom is -0.497 e. The molecule has 0 radical (unpaired) electrons. The van der Waals surface area contributed by atoms with Crippen molar-refractivity contribution in [3.8, 4) is 5.75 Å². The van der Waals surface area contributed by atoms with Crippen LogP contribution in [0.3, 0.4) is 0 Å². The van der Waals surface area contributed by atoms with E-state index in [0.717, 1.165) is 28.8 Å². The molecule has 5 heteroatoms. The van der Waals surface area contributed by atoms with Crippen molar-refractivity contribution in [1.29, 1.82) is 0 Å². The molecule has 1 fully saturated rings. The zero-order chi connectivity index (χ0) is 13.1. The Morgan fingerprint density at radius 2 is 2.17 bits per heavy atom. The predicted octanol–water partition coefficient (Wildman–Crippen LogP) is 2.54. The van der Waals surface area contributed by atoms with Gasteiger partial charge in [0.15, 0.2) is 0 Å². The van der Waals surface area contributed by atoms with Crippen LogP contribution in [0.5, 0.6) is 5.75 Å². The molecule has 98 valence electrons. The average molecular weight is 313 g/mol. The Balaban J connectivity index is 1.98. The van der Waals surface area contributed by atoms with E-state index in [2.05, 4.69) is 26.6 Å². The van der Waals surface area contributed by atoms with Crippen LogP contribution in [-0.4, -0.2) is 25.1 Å². The molecule has 0 spiro atoms. The number of hydrogen-bond acceptors (Lipinski definition) is 3. The number of benzene rings is 1. The Labute approximate surface area is 115 Å². The van der Waals surface area contributed by atoms with Crippen LogP contribution in [0.15, 0.2) is 22.7 Å². The quantitative estimate of drug-likeness (QED) is 0.878. The van der Waals surface area contributed by atoms with Crippen LogP contribution in [0.4, 0.5) is 5.69 Å². The number of anilines is 1. The number of halogens is 1. The zero-order valence-corrected chi connectivity index (χ0v) is 12.1. The van der Waals surface area contributed by atoms with Crippen molar-refractivity contribution in [1.82, 2.24) is 5.32 Å². The first kappa shape index (κ1) is 13.2. The van der Waals surface area contributed by atoms with Gasteiger partial charge in [0.2, 0.25) is 5.91 Å². The fraction of sp³-hybridized carbons (Fsp3) is 0.462. The first-order valence-corrected chi connectivity index (χ1v) is 6.79. The lowest BCUT2D eigenvalue weighted by Gasteiger charge is -2.16. The van der Waals surface area contributed by atoms with E-state index in [1.807, 2.05) is 25.1 Å². The third-order valence-corrected chi connectivity index (χ3v) is 3.27. The SMILES string of the molecule is COc1cc(Br)cc(NC(C)C(=O)NC2CC2)c1. The van der Waals surface area contributed by atoms with E-state index < -0.39 is 0 Å². The topological polar surface area (TPSA) is 50.4 Å². The van der Waals surface area contributed by atoms with Gasteiger partial charge in [0.1, 0.15) is 11.8 Å². The molecule has 1 aromatic carbocycles. The minimum atomic E-state index is -0.260. The van der Waals surface area contributed by atoms with E-state index >= 15 is 0 Å². The molecule has 1 unspecified atom stereocenters. The molecule has 0 heterocycles. The van der Waals surface area contributed by atoms with Gasteiger partial charge in [0, 0.05) is 22.3 Å². The maximum absolute atomic E-state index is 11.8. The summed E-state index contributed by atoms with van der Waals surface area (Å²) < 4.78 is 6.10. The maximum atomic E-state index is 11.8. The van der Waals surface area contributed by atoms with Gasteiger partial charge in [0.05, 0.1) is 7.11 Å². The molecule has 1 aromatic rings. The first-order chi connectivity index (χ1) is 8.58. The van der Waals surface area contributed by atoms with Crippen LogP contribution in [0.25, 0.3) is 0 Å². The zero-order valence-electron chi connectivity index (χ0n) is 10.5. The number of amides is 1. The van der Waals surface area contributed by atoms with Crippen molar-refractivity contribution in [2.24, 2.45) is 0 Å². The summed E-state index contributed by atoms with van der Waals surface area (Å²) in [5.41, 5.74) is 0.861. The van der Waals surface area contributed by atoms with Crippen molar-refractivity contribution in [2.45, 2.75) is 31.8 Å². The molecular weight excluding hydrogens is 296 g/mol. The number of methoxy groups -OCH3 is 1. The van der Waals surface area contributed by atoms with Crippen molar-refractivity contribution in [2.75, 3.05) is 12.4 Å². The van der Waals surface area contributed by atoms with Gasteiger partial charge < -0.3 is 15.4 Å². The molecule has 2 rings (SSSR count). The summed E-state index contributed by atoms with van der Waals surface area (Å²) in [6.45, 7) is 1.85. The summed E-state index contributed by atoms with van der Waals surface area (Å²) in [7, 11) is 1.62. The second kappa shape index (κ2) is 5.61. The third-order valence-electron chi connectivity index (χ3n) is 2.81. The maximum Gasteiger partial charge on any atom is 0.242 e. The Morgan fingerprint density at radius 3 is 2.78 bits per heavy atom. The van der Waals surface area contributed by atoms with E-state index in [0.29, 0.717) is 6.04 Å². The summed E-state index contributed by atoms with van der Waals surface area (Å²) in [5.74, 6) is 0.790. The van der Waals surface area contributed by atoms with Gasteiger partial charge in [-0.05, 0) is 31.9 Å². The molecule has 1 aliphatic carbocycles. The molecule has 0 bridgehead atoms. The molecule has 18 heavy (non-hydrogen) atoms. The standard InChI is InChI=1S/C13H17BrN2O2/c1-8(13(17)16-10-3-4-10)15-11-5-9(14)6-12(7-11)18-2/h5-8,10,15H,3-4H2,1-2H3,(H,16,17). The van der Waals surface area contributed by atoms with Crippen LogP contribution in [0.1, 0.15) is 19.8 Å². The molecule has 4 nitrogen and oxygen atoms in total. The molecule has 0 aromatic heterocycles. The molecule has 0 aliphatic heterocycles. The van der Waals surface area contributed by atoms with Crippen molar-refractivity contribution < 1.29 is 9.53 Å². The van der Waals surface area contributed by atoms with Crippen molar-refractivity contribution in [3.05, 3.63) is 22.7 Å². The number of hydrogen-bond donors (Lipinski definition) is 2. The lowest BCUT2D eigenvalue weighted by molar-refractivity contribution is -0.121. The second-order valence-corrected chi connectivity index (χ2v) is 5.44. The number of rotatable bonds is 5. The van der Waals surface area contributed by atoms with Crippen LogP contribution in [0, 0.1) is 0 Å². The number of carbonyl (C=O) groups excluding carboxylic acids is 1. The largest absolute Gasteiger partial charge is 0.497 e. The van der Waals surface area contributed by atoms with Gasteiger partial charge in [0.25, 0.3) is 0 Å². The second-order valence-electron chi connectivity index (χ2n) is 4.53. The molecule has 1 aliphatic rings. The Morgan fingerprint density at radius 1 is 1.44 bits per heavy atom. The van der Waals surface area contributed by atoms with Gasteiger partial charge in [-0.25, -0.2) is 0 Å². The van der Waals surface area contributed by atoms with Gasteiger partial charge in [-0.1, -0.05) is 15.9 Å². The van der Waals surface area contributed by atoms with Gasteiger partial charge in [-0.15, -0.1) is 0 Å². The highest BCUT2D eigenvalue weighted by Gasteiger charge is 2.25. The van der Waals surface area contributed by atoms with Crippen molar-refractivity contribution in [3.63, 3.8) is 0 Å². The third kappa shape index (κ3) is 3.63. The Kier molecular flexibility index (Phi) is 4.11. The lowest BCUT2D eigenvalue weighted by atomic mass is 10.2. The van der Waals surface area contributed by atoms with E-state index in [9.17, 15) is 4.79 Å². The average Bonchev–Trinajstić information content (AvgIpc) is 3.11. The minimum absolute atomic E-state index is 0.0384. The van der Waals surface area contributed by atoms with E-state index in [-0.39, 0.29) is 11.9 Å². The fourth-order valence-corrected chi connectivity index (χ4v) is 2.11. The summed E-state index contributed by atoms with van der Waals surface area (Å²) in [6.07, 6.45) is 2.20. The van der Waals surface area contributed by atoms with Gasteiger partial charge in [-0.3, -0.25) is 4.79 Å². The van der Waals surface area contributed by atoms with Crippen LogP contribution in [0.2, 0.25) is 0 Å². The van der Waals surface area contributed by atoms with E-state index in [1.165, 1.54) is 0 Å². The fourth-order valence-electron chi connectivity index (χ4n) is 1.63. The van der Waals surface area contributed by atoms with Crippen LogP contribution in [-0.2, 0) is 4.79 Å². The van der Waals surface area contributed by atoms with Gasteiger partial charge in [-0.2, -0.15) is 0 Å². The molecule has 1 saturated carbocycles. The predicted molar refractivity (Wildman–Crippen MR) is 74.9 cm³/mol. The molecule has 2 N–H and O–H groups in total. The summed E-state index contributed by atoms with van der Waals surface area (Å²) >= 11 is 3.41. The highest BCUT2D eigenvalue weighted by Crippen LogP contribution is 2.25. The first-order valence-electron chi connectivity index (χ1n) is 6.00. The number of carbonyl (C=O) groups is 1.